The average molecular weight is 197 g/mol. The predicted molar refractivity (Wildman–Crippen MR) is 65.6 cm³/mol. The summed E-state index contributed by atoms with van der Waals surface area (Å²) in [6, 6.07) is 0. The summed E-state index contributed by atoms with van der Waals surface area (Å²) in [5.74, 6) is 0.868. The van der Waals surface area contributed by atoms with E-state index in [0.717, 1.165) is 5.92 Å². The lowest BCUT2D eigenvalue weighted by atomic mass is 9.96. The van der Waals surface area contributed by atoms with Crippen LogP contribution in [-0.2, 0) is 0 Å². The van der Waals surface area contributed by atoms with Crippen LogP contribution in [-0.4, -0.2) is 25.0 Å². The highest BCUT2D eigenvalue weighted by Crippen LogP contribution is 2.17. The van der Waals surface area contributed by atoms with E-state index >= 15 is 0 Å². The van der Waals surface area contributed by atoms with Crippen molar-refractivity contribution in [2.75, 3.05) is 20.1 Å². The minimum Gasteiger partial charge on any atom is -0.306 e. The molecule has 84 valence electrons. The molecule has 0 amide bonds. The van der Waals surface area contributed by atoms with Crippen LogP contribution >= 0.6 is 0 Å². The molecule has 0 aromatic rings. The van der Waals surface area contributed by atoms with Gasteiger partial charge in [0.25, 0.3) is 0 Å². The molecule has 1 heterocycles. The van der Waals surface area contributed by atoms with E-state index in [-0.39, 0.29) is 0 Å². The number of nitrogens with zero attached hydrogens (tertiary/aromatic N) is 1. The second-order valence-electron chi connectivity index (χ2n) is 3.86. The van der Waals surface area contributed by atoms with Gasteiger partial charge in [0.05, 0.1) is 0 Å². The molecule has 1 rings (SSSR count). The van der Waals surface area contributed by atoms with E-state index in [1.54, 1.807) is 0 Å². The summed E-state index contributed by atoms with van der Waals surface area (Å²) in [4.78, 5) is 2.42. The van der Waals surface area contributed by atoms with Gasteiger partial charge < -0.3 is 4.90 Å². The molecule has 1 heteroatoms. The maximum Gasteiger partial charge on any atom is -0.00162 e. The van der Waals surface area contributed by atoms with Gasteiger partial charge in [-0.2, -0.15) is 0 Å². The molecule has 1 nitrogen and oxygen atoms in total. The highest BCUT2D eigenvalue weighted by atomic mass is 15.1. The summed E-state index contributed by atoms with van der Waals surface area (Å²) in [5, 5.41) is 0. The Bertz CT molecular complexity index is 132. The van der Waals surface area contributed by atoms with E-state index < -0.39 is 0 Å². The zero-order valence-corrected chi connectivity index (χ0v) is 10.4. The maximum absolute atomic E-state index is 2.43. The molecule has 1 aliphatic rings. The molecule has 0 spiro atoms. The van der Waals surface area contributed by atoms with E-state index in [2.05, 4.69) is 31.0 Å². The quantitative estimate of drug-likeness (QED) is 0.623. The summed E-state index contributed by atoms with van der Waals surface area (Å²) in [7, 11) is 2.21. The Labute approximate surface area is 90.2 Å². The molecule has 0 aromatic heterocycles. The molecular weight excluding hydrogens is 170 g/mol. The van der Waals surface area contributed by atoms with Crippen LogP contribution in [0, 0.1) is 5.92 Å². The van der Waals surface area contributed by atoms with Crippen molar-refractivity contribution in [2.24, 2.45) is 5.92 Å². The molecule has 1 saturated heterocycles. The molecule has 0 aromatic carbocycles. The molecule has 0 aliphatic carbocycles. The first-order valence-corrected chi connectivity index (χ1v) is 6.18. The normalized spacial score (nSPS) is 19.4. The number of unbranched alkanes of at least 4 members (excludes halogenated alkanes) is 1. The van der Waals surface area contributed by atoms with Gasteiger partial charge in [-0.25, -0.2) is 0 Å². The fraction of sp³-hybridized carbons (Fsp3) is 0.846. The Kier molecular flexibility index (Phi) is 9.06. The van der Waals surface area contributed by atoms with E-state index in [1.807, 2.05) is 13.8 Å². The van der Waals surface area contributed by atoms with Crippen molar-refractivity contribution in [3.05, 3.63) is 12.2 Å². The van der Waals surface area contributed by atoms with Crippen LogP contribution in [0.5, 0.6) is 0 Å². The topological polar surface area (TPSA) is 3.24 Å². The minimum atomic E-state index is 0.868. The first kappa shape index (κ1) is 13.7. The van der Waals surface area contributed by atoms with Crippen molar-refractivity contribution in [3.63, 3.8) is 0 Å². The van der Waals surface area contributed by atoms with Gasteiger partial charge in [-0.3, -0.25) is 0 Å². The van der Waals surface area contributed by atoms with Gasteiger partial charge in [-0.15, -0.1) is 0 Å². The van der Waals surface area contributed by atoms with Crippen LogP contribution in [0.3, 0.4) is 0 Å². The van der Waals surface area contributed by atoms with Gasteiger partial charge >= 0.3 is 0 Å². The highest BCUT2D eigenvalue weighted by Gasteiger charge is 2.12. The van der Waals surface area contributed by atoms with Crippen molar-refractivity contribution in [3.8, 4) is 0 Å². The van der Waals surface area contributed by atoms with Crippen LogP contribution in [0.2, 0.25) is 0 Å². The van der Waals surface area contributed by atoms with Crippen LogP contribution in [0.1, 0.15) is 46.5 Å². The van der Waals surface area contributed by atoms with Crippen molar-refractivity contribution in [1.29, 1.82) is 0 Å². The van der Waals surface area contributed by atoms with Crippen molar-refractivity contribution >= 4 is 0 Å². The van der Waals surface area contributed by atoms with Crippen LogP contribution < -0.4 is 0 Å². The van der Waals surface area contributed by atoms with Gasteiger partial charge in [0.15, 0.2) is 0 Å². The fourth-order valence-corrected chi connectivity index (χ4v) is 1.68. The SMILES string of the molecule is CC.CCCC=CC1CCN(C)CC1. The summed E-state index contributed by atoms with van der Waals surface area (Å²) in [6.45, 7) is 8.79. The summed E-state index contributed by atoms with van der Waals surface area (Å²) < 4.78 is 0. The number of rotatable bonds is 3. The summed E-state index contributed by atoms with van der Waals surface area (Å²) in [6.07, 6.45) is 10.0. The van der Waals surface area contributed by atoms with Crippen LogP contribution in [0.4, 0.5) is 0 Å². The fourth-order valence-electron chi connectivity index (χ4n) is 1.68. The van der Waals surface area contributed by atoms with E-state index in [1.165, 1.54) is 38.8 Å². The van der Waals surface area contributed by atoms with Gasteiger partial charge in [0.2, 0.25) is 0 Å². The first-order chi connectivity index (χ1) is 6.83. The van der Waals surface area contributed by atoms with Gasteiger partial charge in [0, 0.05) is 0 Å². The van der Waals surface area contributed by atoms with E-state index in [4.69, 9.17) is 0 Å². The van der Waals surface area contributed by atoms with E-state index in [9.17, 15) is 0 Å². The number of likely N-dealkylation sites (tertiary alicyclic amines) is 1. The summed E-state index contributed by atoms with van der Waals surface area (Å²) in [5.41, 5.74) is 0. The van der Waals surface area contributed by atoms with Crippen molar-refractivity contribution in [1.82, 2.24) is 4.90 Å². The second-order valence-corrected chi connectivity index (χ2v) is 3.86. The second kappa shape index (κ2) is 9.26. The third-order valence-electron chi connectivity index (χ3n) is 2.63. The average Bonchev–Trinajstić information content (AvgIpc) is 2.24. The Hall–Kier alpha value is -0.300. The third-order valence-corrected chi connectivity index (χ3v) is 2.63. The Morgan fingerprint density at radius 3 is 2.29 bits per heavy atom. The standard InChI is InChI=1S/C11H21N.C2H6/c1-3-4-5-6-11-7-9-12(2)10-8-11;1-2/h5-6,11H,3-4,7-10H2,1-2H3;1-2H3. The van der Waals surface area contributed by atoms with Gasteiger partial charge in [-0.05, 0) is 45.3 Å². The monoisotopic (exact) mass is 197 g/mol. The number of hydrogen-bond donors (Lipinski definition) is 0. The number of hydrogen-bond acceptors (Lipinski definition) is 1. The first-order valence-electron chi connectivity index (χ1n) is 6.18. The highest BCUT2D eigenvalue weighted by molar-refractivity contribution is 4.90. The zero-order valence-electron chi connectivity index (χ0n) is 10.4. The maximum atomic E-state index is 2.43. The van der Waals surface area contributed by atoms with Crippen LogP contribution in [0.25, 0.3) is 0 Å². The van der Waals surface area contributed by atoms with E-state index in [0.29, 0.717) is 0 Å². The molecular formula is C13H27N. The Morgan fingerprint density at radius 2 is 1.79 bits per heavy atom. The minimum absolute atomic E-state index is 0.868. The lowest BCUT2D eigenvalue weighted by Gasteiger charge is -2.26. The van der Waals surface area contributed by atoms with Gasteiger partial charge in [-0.1, -0.05) is 39.3 Å². The molecule has 0 bridgehead atoms. The largest absolute Gasteiger partial charge is 0.306 e. The van der Waals surface area contributed by atoms with Crippen molar-refractivity contribution < 1.29 is 0 Å². The third kappa shape index (κ3) is 6.20. The van der Waals surface area contributed by atoms with Crippen molar-refractivity contribution in [2.45, 2.75) is 46.5 Å². The number of piperidine rings is 1. The molecule has 0 saturated carbocycles. The van der Waals surface area contributed by atoms with Crippen LogP contribution in [0.15, 0.2) is 12.2 Å². The molecule has 14 heavy (non-hydrogen) atoms. The molecule has 0 radical (unpaired) electrons. The number of allylic oxidation sites excluding steroid dienone is 2. The molecule has 0 unspecified atom stereocenters. The Morgan fingerprint density at radius 1 is 1.21 bits per heavy atom. The molecule has 1 aliphatic heterocycles. The van der Waals surface area contributed by atoms with Gasteiger partial charge in [0.1, 0.15) is 0 Å². The lowest BCUT2D eigenvalue weighted by molar-refractivity contribution is 0.244. The zero-order chi connectivity index (χ0) is 10.8. The lowest BCUT2D eigenvalue weighted by Crippen LogP contribution is -2.29. The smallest absolute Gasteiger partial charge is 0.00162 e. The Balaban J connectivity index is 0.000000791. The summed E-state index contributed by atoms with van der Waals surface area (Å²) >= 11 is 0. The molecule has 1 fully saturated rings. The predicted octanol–water partition coefficient (Wildman–Crippen LogP) is 3.71. The molecule has 0 N–H and O–H groups in total. The molecule has 0 atom stereocenters.